The Hall–Kier alpha value is -0.650. The van der Waals surface area contributed by atoms with Crippen LogP contribution in [0.5, 0.6) is 0 Å². The fourth-order valence-corrected chi connectivity index (χ4v) is 3.09. The number of carbonyl (C=O) groups is 1. The molecule has 0 bridgehead atoms. The van der Waals surface area contributed by atoms with Crippen LogP contribution in [-0.2, 0) is 19.0 Å². The van der Waals surface area contributed by atoms with Crippen LogP contribution >= 0.6 is 0 Å². The second-order valence-electron chi connectivity index (χ2n) is 6.63. The van der Waals surface area contributed by atoms with Crippen LogP contribution in [0.2, 0.25) is 0 Å². The van der Waals surface area contributed by atoms with Gasteiger partial charge in [-0.05, 0) is 32.6 Å². The van der Waals surface area contributed by atoms with Gasteiger partial charge in [0.15, 0.2) is 6.29 Å². The molecule has 0 aromatic rings. The summed E-state index contributed by atoms with van der Waals surface area (Å²) in [7, 11) is 0. The maximum absolute atomic E-state index is 10.9. The van der Waals surface area contributed by atoms with Gasteiger partial charge in [-0.2, -0.15) is 0 Å². The van der Waals surface area contributed by atoms with Gasteiger partial charge in [-0.3, -0.25) is 4.79 Å². The van der Waals surface area contributed by atoms with E-state index in [4.69, 9.17) is 14.2 Å². The minimum absolute atomic E-state index is 0.0138. The van der Waals surface area contributed by atoms with Crippen LogP contribution in [0.25, 0.3) is 0 Å². The average molecular weight is 330 g/mol. The lowest BCUT2D eigenvalue weighted by Gasteiger charge is -2.36. The molecule has 0 aliphatic carbocycles. The normalized spacial score (nSPS) is 27.4. The number of carbonyl (C=O) groups excluding carboxylic acids is 1. The SMILES string of the molecule is CCCCCC1OC(CC)CC(CC(O)CC(C)OC(C)=O)O1. The lowest BCUT2D eigenvalue weighted by Crippen LogP contribution is -2.40. The van der Waals surface area contributed by atoms with Crippen molar-refractivity contribution in [1.29, 1.82) is 0 Å². The van der Waals surface area contributed by atoms with Gasteiger partial charge in [-0.1, -0.05) is 26.7 Å². The molecular weight excluding hydrogens is 296 g/mol. The van der Waals surface area contributed by atoms with Gasteiger partial charge < -0.3 is 19.3 Å². The minimum atomic E-state index is -0.527. The summed E-state index contributed by atoms with van der Waals surface area (Å²) in [6, 6.07) is 0. The molecule has 0 aromatic carbocycles. The van der Waals surface area contributed by atoms with E-state index in [0.29, 0.717) is 12.8 Å². The number of hydrogen-bond acceptors (Lipinski definition) is 5. The monoisotopic (exact) mass is 330 g/mol. The van der Waals surface area contributed by atoms with E-state index in [9.17, 15) is 9.90 Å². The highest BCUT2D eigenvalue weighted by molar-refractivity contribution is 5.66. The van der Waals surface area contributed by atoms with Crippen molar-refractivity contribution in [3.8, 4) is 0 Å². The van der Waals surface area contributed by atoms with Crippen LogP contribution in [0.4, 0.5) is 0 Å². The van der Waals surface area contributed by atoms with Crippen molar-refractivity contribution in [1.82, 2.24) is 0 Å². The van der Waals surface area contributed by atoms with E-state index >= 15 is 0 Å². The maximum atomic E-state index is 10.9. The van der Waals surface area contributed by atoms with E-state index in [1.54, 1.807) is 6.92 Å². The highest BCUT2D eigenvalue weighted by Gasteiger charge is 2.30. The molecule has 5 unspecified atom stereocenters. The van der Waals surface area contributed by atoms with Crippen molar-refractivity contribution in [2.45, 2.75) is 110 Å². The number of ether oxygens (including phenoxy) is 3. The molecule has 1 aliphatic heterocycles. The van der Waals surface area contributed by atoms with Crippen LogP contribution in [0.15, 0.2) is 0 Å². The summed E-state index contributed by atoms with van der Waals surface area (Å²) in [4.78, 5) is 10.9. The Morgan fingerprint density at radius 2 is 1.96 bits per heavy atom. The third-order valence-electron chi connectivity index (χ3n) is 4.22. The Morgan fingerprint density at radius 3 is 2.57 bits per heavy atom. The highest BCUT2D eigenvalue weighted by atomic mass is 16.7. The van der Waals surface area contributed by atoms with E-state index in [1.165, 1.54) is 19.8 Å². The van der Waals surface area contributed by atoms with E-state index < -0.39 is 6.10 Å². The van der Waals surface area contributed by atoms with Crippen LogP contribution in [0.1, 0.15) is 79.1 Å². The summed E-state index contributed by atoms with van der Waals surface area (Å²) in [6.07, 6.45) is 6.45. The molecule has 136 valence electrons. The molecule has 1 aliphatic rings. The molecule has 0 saturated carbocycles. The van der Waals surface area contributed by atoms with Crippen LogP contribution < -0.4 is 0 Å². The molecule has 0 aromatic heterocycles. The number of aliphatic hydroxyl groups is 1. The average Bonchev–Trinajstić information content (AvgIpc) is 2.46. The molecule has 5 nitrogen and oxygen atoms in total. The number of unbranched alkanes of at least 4 members (excludes halogenated alkanes) is 2. The molecule has 1 heterocycles. The summed E-state index contributed by atoms with van der Waals surface area (Å²) in [5, 5.41) is 10.2. The van der Waals surface area contributed by atoms with Crippen molar-refractivity contribution in [3.05, 3.63) is 0 Å². The van der Waals surface area contributed by atoms with Crippen molar-refractivity contribution in [3.63, 3.8) is 0 Å². The molecule has 0 spiro atoms. The highest BCUT2D eigenvalue weighted by Crippen LogP contribution is 2.27. The van der Waals surface area contributed by atoms with Gasteiger partial charge in [0.1, 0.15) is 6.10 Å². The first-order valence-electron chi connectivity index (χ1n) is 9.10. The van der Waals surface area contributed by atoms with Crippen molar-refractivity contribution >= 4 is 5.97 Å². The Morgan fingerprint density at radius 1 is 1.26 bits per heavy atom. The Labute approximate surface area is 140 Å². The van der Waals surface area contributed by atoms with Gasteiger partial charge in [0.2, 0.25) is 0 Å². The van der Waals surface area contributed by atoms with Crippen LogP contribution in [0, 0.1) is 0 Å². The molecule has 5 atom stereocenters. The first-order chi connectivity index (χ1) is 10.9. The summed E-state index contributed by atoms with van der Waals surface area (Å²) in [5.74, 6) is -0.311. The van der Waals surface area contributed by atoms with E-state index in [-0.39, 0.29) is 30.6 Å². The standard InChI is InChI=1S/C18H34O5/c1-5-7-8-9-18-22-16(6-2)12-17(23-18)11-15(20)10-13(3)21-14(4)19/h13,15-18,20H,5-12H2,1-4H3. The summed E-state index contributed by atoms with van der Waals surface area (Å²) in [6.45, 7) is 7.49. The number of aliphatic hydroxyl groups excluding tert-OH is 1. The summed E-state index contributed by atoms with van der Waals surface area (Å²) >= 11 is 0. The Bertz CT molecular complexity index is 333. The van der Waals surface area contributed by atoms with Gasteiger partial charge in [-0.25, -0.2) is 0 Å². The zero-order valence-corrected chi connectivity index (χ0v) is 15.1. The summed E-state index contributed by atoms with van der Waals surface area (Å²) < 4.78 is 17.0. The van der Waals surface area contributed by atoms with E-state index in [2.05, 4.69) is 13.8 Å². The quantitative estimate of drug-likeness (QED) is 0.490. The third kappa shape index (κ3) is 8.68. The topological polar surface area (TPSA) is 65.0 Å². The molecule has 1 rings (SSSR count). The van der Waals surface area contributed by atoms with Crippen molar-refractivity contribution in [2.75, 3.05) is 0 Å². The largest absolute Gasteiger partial charge is 0.463 e. The predicted octanol–water partition coefficient (Wildman–Crippen LogP) is 3.57. The summed E-state index contributed by atoms with van der Waals surface area (Å²) in [5.41, 5.74) is 0. The van der Waals surface area contributed by atoms with Gasteiger partial charge in [-0.15, -0.1) is 0 Å². The first-order valence-corrected chi connectivity index (χ1v) is 9.10. The lowest BCUT2D eigenvalue weighted by atomic mass is 9.99. The lowest BCUT2D eigenvalue weighted by molar-refractivity contribution is -0.250. The number of rotatable bonds is 10. The Balaban J connectivity index is 2.41. The van der Waals surface area contributed by atoms with E-state index in [1.807, 2.05) is 0 Å². The van der Waals surface area contributed by atoms with E-state index in [0.717, 1.165) is 25.7 Å². The molecule has 5 heteroatoms. The second-order valence-corrected chi connectivity index (χ2v) is 6.63. The van der Waals surface area contributed by atoms with Gasteiger partial charge in [0, 0.05) is 19.8 Å². The number of hydrogen-bond donors (Lipinski definition) is 1. The molecular formula is C18H34O5. The first kappa shape index (κ1) is 20.4. The molecule has 1 saturated heterocycles. The van der Waals surface area contributed by atoms with Crippen molar-refractivity contribution < 1.29 is 24.1 Å². The molecule has 1 fully saturated rings. The predicted molar refractivity (Wildman–Crippen MR) is 89.1 cm³/mol. The molecule has 0 amide bonds. The van der Waals surface area contributed by atoms with Gasteiger partial charge in [0.25, 0.3) is 0 Å². The van der Waals surface area contributed by atoms with Crippen LogP contribution in [-0.4, -0.2) is 41.8 Å². The maximum Gasteiger partial charge on any atom is 0.302 e. The second kappa shape index (κ2) is 11.0. The van der Waals surface area contributed by atoms with Gasteiger partial charge in [0.05, 0.1) is 18.3 Å². The van der Waals surface area contributed by atoms with Gasteiger partial charge >= 0.3 is 5.97 Å². The fraction of sp³-hybridized carbons (Fsp3) is 0.944. The molecule has 23 heavy (non-hydrogen) atoms. The van der Waals surface area contributed by atoms with Crippen molar-refractivity contribution in [2.24, 2.45) is 0 Å². The zero-order chi connectivity index (χ0) is 17.2. The fourth-order valence-electron chi connectivity index (χ4n) is 3.09. The minimum Gasteiger partial charge on any atom is -0.463 e. The third-order valence-corrected chi connectivity index (χ3v) is 4.22. The Kier molecular flexibility index (Phi) is 9.75. The number of esters is 1. The molecule has 0 radical (unpaired) electrons. The smallest absolute Gasteiger partial charge is 0.302 e. The molecule has 1 N–H and O–H groups in total. The zero-order valence-electron chi connectivity index (χ0n) is 15.1. The van der Waals surface area contributed by atoms with Crippen LogP contribution in [0.3, 0.4) is 0 Å².